The van der Waals surface area contributed by atoms with Crippen LogP contribution in [-0.2, 0) is 0 Å². The fourth-order valence-corrected chi connectivity index (χ4v) is 2.78. The Morgan fingerprint density at radius 1 is 1.04 bits per heavy atom. The molecule has 0 saturated heterocycles. The van der Waals surface area contributed by atoms with E-state index in [-0.39, 0.29) is 0 Å². The van der Waals surface area contributed by atoms with Crippen LogP contribution in [0.2, 0.25) is 0 Å². The van der Waals surface area contributed by atoms with Gasteiger partial charge in [0.15, 0.2) is 5.82 Å². The van der Waals surface area contributed by atoms with Gasteiger partial charge in [-0.05, 0) is 36.4 Å². The number of aromatic nitrogens is 3. The Hall–Kier alpha value is -3.74. The Bertz CT molecular complexity index is 1090. The summed E-state index contributed by atoms with van der Waals surface area (Å²) in [6.45, 7) is 0. The van der Waals surface area contributed by atoms with Crippen LogP contribution in [0.1, 0.15) is 0 Å². The van der Waals surface area contributed by atoms with Crippen molar-refractivity contribution >= 4 is 22.3 Å². The average molecular weight is 347 g/mol. The van der Waals surface area contributed by atoms with Gasteiger partial charge in [-0.3, -0.25) is 0 Å². The molecule has 4 aromatic rings. The summed E-state index contributed by atoms with van der Waals surface area (Å²) in [6.07, 6.45) is 3.48. The van der Waals surface area contributed by atoms with Crippen molar-refractivity contribution in [2.75, 3.05) is 18.6 Å². The van der Waals surface area contributed by atoms with Gasteiger partial charge in [0.2, 0.25) is 5.88 Å². The van der Waals surface area contributed by atoms with E-state index in [1.165, 1.54) is 0 Å². The maximum atomic E-state index is 6.15. The number of nitrogens with two attached hydrogens (primary N) is 2. The molecule has 0 fully saturated rings. The molecule has 0 radical (unpaired) electrons. The molecule has 5 N–H and O–H groups in total. The Labute approximate surface area is 149 Å². The van der Waals surface area contributed by atoms with Gasteiger partial charge in [-0.15, -0.1) is 0 Å². The number of methoxy groups -OCH3 is 1. The fourth-order valence-electron chi connectivity index (χ4n) is 2.78. The number of hydrogen-bond donors (Lipinski definition) is 3. The van der Waals surface area contributed by atoms with Gasteiger partial charge in [-0.25, -0.2) is 4.98 Å². The van der Waals surface area contributed by atoms with Gasteiger partial charge >= 0.3 is 0 Å². The zero-order chi connectivity index (χ0) is 18.1. The van der Waals surface area contributed by atoms with Gasteiger partial charge < -0.3 is 25.9 Å². The largest absolute Gasteiger partial charge is 0.495 e. The lowest BCUT2D eigenvalue weighted by Gasteiger charge is -2.12. The molecular weight excluding hydrogens is 330 g/mol. The van der Waals surface area contributed by atoms with Crippen molar-refractivity contribution in [1.29, 1.82) is 0 Å². The molecule has 0 bridgehead atoms. The van der Waals surface area contributed by atoms with Gasteiger partial charge in [0.05, 0.1) is 18.4 Å². The molecule has 0 atom stereocenters. The summed E-state index contributed by atoms with van der Waals surface area (Å²) in [4.78, 5) is 11.9. The number of hydrogen-bond acceptors (Lipinski definition) is 6. The molecule has 0 aliphatic rings. The molecule has 130 valence electrons. The highest BCUT2D eigenvalue weighted by atomic mass is 16.5. The Morgan fingerprint density at radius 3 is 2.77 bits per heavy atom. The van der Waals surface area contributed by atoms with Crippen molar-refractivity contribution < 1.29 is 9.47 Å². The first-order valence-corrected chi connectivity index (χ1v) is 7.96. The lowest BCUT2D eigenvalue weighted by Crippen LogP contribution is -2.02. The molecule has 2 heterocycles. The van der Waals surface area contributed by atoms with Gasteiger partial charge in [0.25, 0.3) is 0 Å². The second kappa shape index (κ2) is 6.29. The summed E-state index contributed by atoms with van der Waals surface area (Å²) in [5.74, 6) is 1.96. The summed E-state index contributed by atoms with van der Waals surface area (Å²) in [5.41, 5.74) is 14.6. The van der Waals surface area contributed by atoms with E-state index in [0.717, 1.165) is 10.9 Å². The van der Waals surface area contributed by atoms with Crippen LogP contribution in [0, 0.1) is 0 Å². The zero-order valence-corrected chi connectivity index (χ0v) is 14.1. The lowest BCUT2D eigenvalue weighted by atomic mass is 10.1. The number of nitrogens with one attached hydrogen (secondary N) is 1. The SMILES string of the molecule is COc1ccc(N)c(-c2nccc(Oc3ccc4[nH]ccc4c3)n2)c1N. The molecule has 0 saturated carbocycles. The number of H-pyrrole nitrogens is 1. The molecule has 0 amide bonds. The lowest BCUT2D eigenvalue weighted by molar-refractivity contribution is 0.417. The van der Waals surface area contributed by atoms with Crippen molar-refractivity contribution in [3.63, 3.8) is 0 Å². The van der Waals surface area contributed by atoms with E-state index in [4.69, 9.17) is 20.9 Å². The smallest absolute Gasteiger partial charge is 0.222 e. The summed E-state index contributed by atoms with van der Waals surface area (Å²) in [6, 6.07) is 12.8. The molecule has 0 spiro atoms. The highest BCUT2D eigenvalue weighted by Crippen LogP contribution is 2.37. The molecule has 0 aliphatic carbocycles. The van der Waals surface area contributed by atoms with E-state index in [1.807, 2.05) is 30.5 Å². The second-order valence-electron chi connectivity index (χ2n) is 5.69. The predicted octanol–water partition coefficient (Wildman–Crippen LogP) is 3.59. The van der Waals surface area contributed by atoms with E-state index < -0.39 is 0 Å². The Morgan fingerprint density at radius 2 is 1.92 bits per heavy atom. The van der Waals surface area contributed by atoms with Gasteiger partial charge in [-0.1, -0.05) is 0 Å². The normalized spacial score (nSPS) is 10.8. The van der Waals surface area contributed by atoms with Gasteiger partial charge in [-0.2, -0.15) is 4.98 Å². The second-order valence-corrected chi connectivity index (χ2v) is 5.69. The summed E-state index contributed by atoms with van der Waals surface area (Å²) >= 11 is 0. The highest BCUT2D eigenvalue weighted by Gasteiger charge is 2.15. The van der Waals surface area contributed by atoms with E-state index in [0.29, 0.717) is 40.1 Å². The van der Waals surface area contributed by atoms with Crippen molar-refractivity contribution in [1.82, 2.24) is 15.0 Å². The predicted molar refractivity (Wildman–Crippen MR) is 101 cm³/mol. The fraction of sp³-hybridized carbons (Fsp3) is 0.0526. The molecule has 7 nitrogen and oxygen atoms in total. The standard InChI is InChI=1S/C19H17N5O2/c1-25-15-5-3-13(20)17(18(15)21)19-23-9-7-16(24-19)26-12-2-4-14-11(10-12)6-8-22-14/h2-10,22H,20-21H2,1H3. The van der Waals surface area contributed by atoms with Crippen LogP contribution in [0.3, 0.4) is 0 Å². The first kappa shape index (κ1) is 15.8. The Balaban J connectivity index is 1.71. The molecule has 26 heavy (non-hydrogen) atoms. The molecule has 7 heteroatoms. The third-order valence-corrected chi connectivity index (χ3v) is 4.06. The van der Waals surface area contributed by atoms with Crippen LogP contribution >= 0.6 is 0 Å². The van der Waals surface area contributed by atoms with Crippen molar-refractivity contribution in [2.24, 2.45) is 0 Å². The number of ether oxygens (including phenoxy) is 2. The van der Waals surface area contributed by atoms with Crippen LogP contribution in [0.15, 0.2) is 54.9 Å². The summed E-state index contributed by atoms with van der Waals surface area (Å²) in [5, 5.41) is 1.05. The van der Waals surface area contributed by atoms with E-state index in [1.54, 1.807) is 31.5 Å². The van der Waals surface area contributed by atoms with E-state index in [9.17, 15) is 0 Å². The molecule has 0 unspecified atom stereocenters. The van der Waals surface area contributed by atoms with E-state index >= 15 is 0 Å². The number of fused-ring (bicyclic) bond motifs is 1. The third kappa shape index (κ3) is 2.75. The summed E-state index contributed by atoms with van der Waals surface area (Å²) < 4.78 is 11.1. The molecule has 0 aliphatic heterocycles. The van der Waals surface area contributed by atoms with Crippen molar-refractivity contribution in [3.05, 3.63) is 54.9 Å². The monoisotopic (exact) mass is 347 g/mol. The van der Waals surface area contributed by atoms with Gasteiger partial charge in [0, 0.05) is 35.1 Å². The maximum absolute atomic E-state index is 6.15. The Kier molecular flexibility index (Phi) is 3.81. The number of anilines is 2. The quantitative estimate of drug-likeness (QED) is 0.486. The number of aromatic amines is 1. The minimum absolute atomic E-state index is 0.374. The van der Waals surface area contributed by atoms with Crippen LogP contribution in [0.25, 0.3) is 22.3 Å². The minimum Gasteiger partial charge on any atom is -0.495 e. The van der Waals surface area contributed by atoms with Crippen LogP contribution in [-0.4, -0.2) is 22.1 Å². The van der Waals surface area contributed by atoms with Crippen molar-refractivity contribution in [2.45, 2.75) is 0 Å². The molecular formula is C19H17N5O2. The number of nitrogens with zero attached hydrogens (tertiary/aromatic N) is 2. The zero-order valence-electron chi connectivity index (χ0n) is 14.1. The number of rotatable bonds is 4. The topological polar surface area (TPSA) is 112 Å². The first-order chi connectivity index (χ1) is 12.7. The molecule has 4 rings (SSSR count). The number of nitrogen functional groups attached to an aromatic ring is 2. The van der Waals surface area contributed by atoms with Crippen LogP contribution in [0.4, 0.5) is 11.4 Å². The van der Waals surface area contributed by atoms with Crippen LogP contribution in [0.5, 0.6) is 17.4 Å². The third-order valence-electron chi connectivity index (χ3n) is 4.06. The average Bonchev–Trinajstić information content (AvgIpc) is 3.10. The first-order valence-electron chi connectivity index (χ1n) is 7.96. The van der Waals surface area contributed by atoms with Gasteiger partial charge in [0.1, 0.15) is 11.5 Å². The molecule has 2 aromatic carbocycles. The number of benzene rings is 2. The van der Waals surface area contributed by atoms with Crippen LogP contribution < -0.4 is 20.9 Å². The van der Waals surface area contributed by atoms with Crippen molar-refractivity contribution in [3.8, 4) is 28.8 Å². The van der Waals surface area contributed by atoms with E-state index in [2.05, 4.69) is 15.0 Å². The minimum atomic E-state index is 0.374. The summed E-state index contributed by atoms with van der Waals surface area (Å²) in [7, 11) is 1.54. The maximum Gasteiger partial charge on any atom is 0.222 e. The molecule has 2 aromatic heterocycles. The highest BCUT2D eigenvalue weighted by molar-refractivity contribution is 5.86.